The minimum atomic E-state index is -0.560. The van der Waals surface area contributed by atoms with Crippen LogP contribution in [-0.4, -0.2) is 98.6 Å². The normalized spacial score (nSPS) is 10.6. The number of methoxy groups -OCH3 is 4. The highest BCUT2D eigenvalue weighted by atomic mass is 32.1. The number of imidazole rings is 1. The number of H-pyrrole nitrogens is 4. The molecule has 0 atom stereocenters. The number of aromatic nitrogens is 7. The molecule has 19 heteroatoms. The number of ketones is 3. The van der Waals surface area contributed by atoms with Crippen LogP contribution in [0.3, 0.4) is 0 Å². The Morgan fingerprint density at radius 1 is 0.581 bits per heavy atom. The number of esters is 3. The average Bonchev–Trinajstić information content (AvgIpc) is 4.18. The number of carbonyl (C=O) groups is 6. The van der Waals surface area contributed by atoms with Gasteiger partial charge in [0.15, 0.2) is 21.5 Å². The highest BCUT2D eigenvalue weighted by molar-refractivity contribution is 7.15. The van der Waals surface area contributed by atoms with E-state index in [-0.39, 0.29) is 44.6 Å². The van der Waals surface area contributed by atoms with Gasteiger partial charge in [-0.3, -0.25) is 14.4 Å². The summed E-state index contributed by atoms with van der Waals surface area (Å²) >= 11 is 2.14. The van der Waals surface area contributed by atoms with Gasteiger partial charge < -0.3 is 38.9 Å². The highest BCUT2D eigenvalue weighted by Crippen LogP contribution is 2.27. The molecule has 0 unspecified atom stereocenters. The Morgan fingerprint density at radius 2 is 1.15 bits per heavy atom. The lowest BCUT2D eigenvalue weighted by molar-refractivity contribution is 0.0586. The number of hydrogen-bond acceptors (Lipinski definition) is 15. The standard InChI is InChI=1S/C15H12N2O4S.C14H11N3O3.C14H10N2O3S/c1-20-8-3-4-11-9(5-8)10(6-16-11)13(18)14-17-12(7-22-14)15(19)21-2;1-20-14(19)11-7-16-13(17-11)12(18)9-6-15-10-5-3-2-4-8(9)10;1-19-14(18)11-7-16-13(20-11)12(17)9-6-15-10-5-3-2-4-8(9)10/h3-7,16H,1-2H3;2-7,15H,1H3,(H,16,17);2-7,15H,1H3. The van der Waals surface area contributed by atoms with Crippen LogP contribution in [-0.2, 0) is 14.2 Å². The summed E-state index contributed by atoms with van der Waals surface area (Å²) in [7, 11) is 5.40. The molecule has 0 radical (unpaired) electrons. The first-order chi connectivity index (χ1) is 30.0. The van der Waals surface area contributed by atoms with Crippen LogP contribution in [0.5, 0.6) is 5.75 Å². The van der Waals surface area contributed by atoms with Crippen molar-refractivity contribution in [2.75, 3.05) is 28.4 Å². The predicted octanol–water partition coefficient (Wildman–Crippen LogP) is 7.20. The van der Waals surface area contributed by atoms with Gasteiger partial charge >= 0.3 is 17.9 Å². The van der Waals surface area contributed by atoms with Gasteiger partial charge in [-0.25, -0.2) is 29.3 Å². The molecular formula is C43H33N7O10S2. The van der Waals surface area contributed by atoms with Crippen LogP contribution >= 0.6 is 22.7 Å². The molecule has 0 bridgehead atoms. The van der Waals surface area contributed by atoms with E-state index in [0.717, 1.165) is 55.4 Å². The molecule has 0 aliphatic rings. The van der Waals surface area contributed by atoms with Gasteiger partial charge in [0, 0.05) is 56.7 Å². The number of aromatic amines is 4. The second-order valence-electron chi connectivity index (χ2n) is 12.8. The molecule has 4 N–H and O–H groups in total. The number of hydrogen-bond donors (Lipinski definition) is 4. The first-order valence-corrected chi connectivity index (χ1v) is 19.9. The summed E-state index contributed by atoms with van der Waals surface area (Å²) in [6.07, 6.45) is 7.57. The topological polar surface area (TPSA) is 241 Å². The molecule has 0 spiro atoms. The zero-order chi connectivity index (χ0) is 43.9. The van der Waals surface area contributed by atoms with E-state index in [4.69, 9.17) is 4.74 Å². The second-order valence-corrected chi connectivity index (χ2v) is 14.7. The lowest BCUT2D eigenvalue weighted by Gasteiger charge is -2.00. The molecule has 0 aliphatic heterocycles. The molecule has 9 aromatic rings. The van der Waals surface area contributed by atoms with Crippen molar-refractivity contribution in [3.8, 4) is 5.75 Å². The van der Waals surface area contributed by atoms with Crippen LogP contribution in [0.2, 0.25) is 0 Å². The maximum Gasteiger partial charge on any atom is 0.357 e. The lowest BCUT2D eigenvalue weighted by Crippen LogP contribution is -2.05. The molecule has 6 aromatic heterocycles. The zero-order valence-electron chi connectivity index (χ0n) is 33.1. The number of nitrogens with one attached hydrogen (secondary N) is 4. The first kappa shape index (κ1) is 42.1. The lowest BCUT2D eigenvalue weighted by atomic mass is 10.1. The van der Waals surface area contributed by atoms with E-state index >= 15 is 0 Å². The van der Waals surface area contributed by atoms with Crippen molar-refractivity contribution in [2.24, 2.45) is 0 Å². The van der Waals surface area contributed by atoms with Crippen molar-refractivity contribution in [3.63, 3.8) is 0 Å². The van der Waals surface area contributed by atoms with Crippen molar-refractivity contribution in [2.45, 2.75) is 0 Å². The van der Waals surface area contributed by atoms with Gasteiger partial charge in [-0.1, -0.05) is 36.4 Å². The second kappa shape index (κ2) is 18.5. The Kier molecular flexibility index (Phi) is 12.6. The van der Waals surface area contributed by atoms with Crippen LogP contribution in [0.1, 0.15) is 77.6 Å². The van der Waals surface area contributed by atoms with E-state index in [0.29, 0.717) is 27.3 Å². The maximum atomic E-state index is 12.6. The molecule has 0 fully saturated rings. The monoisotopic (exact) mass is 871 g/mol. The number of rotatable bonds is 10. The van der Waals surface area contributed by atoms with Gasteiger partial charge in [0.2, 0.25) is 17.3 Å². The zero-order valence-corrected chi connectivity index (χ0v) is 34.7. The van der Waals surface area contributed by atoms with Crippen molar-refractivity contribution >= 4 is 90.6 Å². The number of thiazole rings is 2. The largest absolute Gasteiger partial charge is 0.497 e. The summed E-state index contributed by atoms with van der Waals surface area (Å²) in [5.41, 5.74) is 4.41. The van der Waals surface area contributed by atoms with E-state index in [1.807, 2.05) is 60.7 Å². The molecule has 3 aromatic carbocycles. The van der Waals surface area contributed by atoms with Crippen molar-refractivity contribution in [3.05, 3.63) is 152 Å². The van der Waals surface area contributed by atoms with Crippen molar-refractivity contribution < 1.29 is 47.7 Å². The Bertz CT molecular complexity index is 3000. The fourth-order valence-corrected chi connectivity index (χ4v) is 7.62. The van der Waals surface area contributed by atoms with Gasteiger partial charge in [-0.05, 0) is 30.3 Å². The van der Waals surface area contributed by atoms with Crippen LogP contribution in [0.15, 0.2) is 103 Å². The van der Waals surface area contributed by atoms with E-state index in [1.54, 1.807) is 31.8 Å². The number of fused-ring (bicyclic) bond motifs is 3. The van der Waals surface area contributed by atoms with Crippen LogP contribution in [0, 0.1) is 0 Å². The van der Waals surface area contributed by atoms with Crippen LogP contribution in [0.25, 0.3) is 32.7 Å². The molecule has 9 rings (SSSR count). The summed E-state index contributed by atoms with van der Waals surface area (Å²) in [5, 5.41) is 4.42. The Hall–Kier alpha value is -8.03. The molecule has 0 saturated heterocycles. The fourth-order valence-electron chi connectivity index (χ4n) is 6.09. The summed E-state index contributed by atoms with van der Waals surface area (Å²) in [6, 6.07) is 20.4. The first-order valence-electron chi connectivity index (χ1n) is 18.2. The summed E-state index contributed by atoms with van der Waals surface area (Å²) in [4.78, 5) is 95.6. The molecule has 0 saturated carbocycles. The van der Waals surface area contributed by atoms with Crippen molar-refractivity contribution in [1.82, 2.24) is 34.9 Å². The summed E-state index contributed by atoms with van der Waals surface area (Å²) in [5.74, 6) is -1.57. The van der Waals surface area contributed by atoms with Gasteiger partial charge in [0.25, 0.3) is 0 Å². The smallest absolute Gasteiger partial charge is 0.357 e. The van der Waals surface area contributed by atoms with E-state index in [1.165, 1.54) is 39.1 Å². The molecule has 17 nitrogen and oxygen atoms in total. The number of nitrogens with zero attached hydrogens (tertiary/aromatic N) is 3. The van der Waals surface area contributed by atoms with Crippen molar-refractivity contribution in [1.29, 1.82) is 0 Å². The third kappa shape index (κ3) is 8.65. The minimum Gasteiger partial charge on any atom is -0.497 e. The molecule has 62 heavy (non-hydrogen) atoms. The summed E-state index contributed by atoms with van der Waals surface area (Å²) < 4.78 is 18.9. The third-order valence-electron chi connectivity index (χ3n) is 9.18. The molecule has 6 heterocycles. The Balaban J connectivity index is 0.000000140. The van der Waals surface area contributed by atoms with E-state index < -0.39 is 17.9 Å². The van der Waals surface area contributed by atoms with Gasteiger partial charge in [0.1, 0.15) is 16.3 Å². The maximum absolute atomic E-state index is 12.6. The van der Waals surface area contributed by atoms with Gasteiger partial charge in [-0.15, -0.1) is 22.7 Å². The number of carbonyl (C=O) groups excluding carboxylic acids is 6. The average molecular weight is 872 g/mol. The Labute approximate surface area is 358 Å². The minimum absolute atomic E-state index is 0.107. The van der Waals surface area contributed by atoms with Gasteiger partial charge in [0.05, 0.1) is 57.5 Å². The molecule has 312 valence electrons. The van der Waals surface area contributed by atoms with Gasteiger partial charge in [-0.2, -0.15) is 0 Å². The molecule has 0 aliphatic carbocycles. The third-order valence-corrected chi connectivity index (χ3v) is 11.0. The molecular weight excluding hydrogens is 839 g/mol. The van der Waals surface area contributed by atoms with Crippen LogP contribution < -0.4 is 4.74 Å². The van der Waals surface area contributed by atoms with E-state index in [2.05, 4.69) is 49.1 Å². The quantitative estimate of drug-likeness (QED) is 0.0605. The number of benzene rings is 3. The summed E-state index contributed by atoms with van der Waals surface area (Å²) in [6.45, 7) is 0. The fraction of sp³-hybridized carbons (Fsp3) is 0.0930. The van der Waals surface area contributed by atoms with Crippen LogP contribution in [0.4, 0.5) is 0 Å². The predicted molar refractivity (Wildman–Crippen MR) is 229 cm³/mol. The van der Waals surface area contributed by atoms with E-state index in [9.17, 15) is 28.8 Å². The number of ether oxygens (including phenoxy) is 4. The SMILES string of the molecule is COC(=O)c1cnc(C(=O)c2c[nH]c3ccccc23)[nH]1.COC(=O)c1cnc(C(=O)c2c[nH]c3ccccc23)s1.COC(=O)c1csc(C(=O)c2c[nH]c3ccc(OC)cc23)n1. The Morgan fingerprint density at radius 3 is 1.76 bits per heavy atom. The molecule has 0 amide bonds. The highest BCUT2D eigenvalue weighted by Gasteiger charge is 2.22. The number of para-hydroxylation sites is 2.